The lowest BCUT2D eigenvalue weighted by atomic mass is 10.1. The lowest BCUT2D eigenvalue weighted by Gasteiger charge is -2.17. The van der Waals surface area contributed by atoms with Crippen molar-refractivity contribution in [1.29, 1.82) is 0 Å². The van der Waals surface area contributed by atoms with E-state index >= 15 is 0 Å². The van der Waals surface area contributed by atoms with E-state index in [1.54, 1.807) is 0 Å². The summed E-state index contributed by atoms with van der Waals surface area (Å²) in [5, 5.41) is 20.0. The molecule has 86 valence electrons. The van der Waals surface area contributed by atoms with Gasteiger partial charge in [-0.15, -0.1) is 0 Å². The van der Waals surface area contributed by atoms with Crippen molar-refractivity contribution in [3.8, 4) is 0 Å². The van der Waals surface area contributed by atoms with Gasteiger partial charge >= 0.3 is 5.97 Å². The van der Waals surface area contributed by atoms with Crippen molar-refractivity contribution in [2.75, 3.05) is 13.2 Å². The summed E-state index contributed by atoms with van der Waals surface area (Å²) in [5.41, 5.74) is 0. The second-order valence-electron chi connectivity index (χ2n) is 3.09. The van der Waals surface area contributed by atoms with Gasteiger partial charge in [-0.3, -0.25) is 4.79 Å². The van der Waals surface area contributed by atoms with Crippen molar-refractivity contribution in [2.45, 2.75) is 40.2 Å². The Morgan fingerprint density at radius 2 is 1.86 bits per heavy atom. The molecule has 0 spiro atoms. The van der Waals surface area contributed by atoms with Crippen LogP contribution in [0.2, 0.25) is 0 Å². The van der Waals surface area contributed by atoms with E-state index in [2.05, 4.69) is 5.32 Å². The zero-order valence-corrected chi connectivity index (χ0v) is 9.58. The second kappa shape index (κ2) is 10.5. The van der Waals surface area contributed by atoms with E-state index in [1.807, 2.05) is 27.7 Å². The molecule has 0 saturated carbocycles. The number of aliphatic hydroxyl groups is 1. The molecule has 4 heteroatoms. The van der Waals surface area contributed by atoms with Crippen LogP contribution in [0.15, 0.2) is 0 Å². The molecule has 0 rings (SSSR count). The maximum atomic E-state index is 10.6. The van der Waals surface area contributed by atoms with E-state index in [4.69, 9.17) is 10.2 Å². The Labute approximate surface area is 86.3 Å². The van der Waals surface area contributed by atoms with Crippen LogP contribution in [0.1, 0.15) is 34.1 Å². The predicted molar refractivity (Wildman–Crippen MR) is 57.3 cm³/mol. The molecule has 0 aliphatic carbocycles. The summed E-state index contributed by atoms with van der Waals surface area (Å²) in [5.74, 6) is -0.760. The quantitative estimate of drug-likeness (QED) is 0.568. The fourth-order valence-electron chi connectivity index (χ4n) is 0.945. The van der Waals surface area contributed by atoms with Crippen LogP contribution in [0.4, 0.5) is 0 Å². The van der Waals surface area contributed by atoms with Gasteiger partial charge in [-0.25, -0.2) is 0 Å². The Bertz CT molecular complexity index is 137. The third kappa shape index (κ3) is 8.01. The number of carboxylic acid groups (broad SMARTS) is 1. The van der Waals surface area contributed by atoms with Crippen LogP contribution in [0.3, 0.4) is 0 Å². The van der Waals surface area contributed by atoms with Gasteiger partial charge in [0.05, 0.1) is 0 Å². The molecule has 0 aromatic rings. The van der Waals surface area contributed by atoms with Crippen LogP contribution in [-0.2, 0) is 4.79 Å². The van der Waals surface area contributed by atoms with Gasteiger partial charge in [0.2, 0.25) is 0 Å². The highest BCUT2D eigenvalue weighted by Gasteiger charge is 2.19. The average molecular weight is 205 g/mol. The number of nitrogens with one attached hydrogen (secondary N) is 1. The van der Waals surface area contributed by atoms with Crippen LogP contribution in [0.25, 0.3) is 0 Å². The Kier molecular flexibility index (Phi) is 11.9. The molecule has 0 heterocycles. The lowest BCUT2D eigenvalue weighted by Crippen LogP contribution is -2.41. The summed E-state index contributed by atoms with van der Waals surface area (Å²) in [4.78, 5) is 10.6. The summed E-state index contributed by atoms with van der Waals surface area (Å²) < 4.78 is 0. The lowest BCUT2D eigenvalue weighted by molar-refractivity contribution is -0.140. The van der Waals surface area contributed by atoms with Crippen LogP contribution < -0.4 is 5.32 Å². The summed E-state index contributed by atoms with van der Waals surface area (Å²) in [6, 6.07) is -0.503. The monoisotopic (exact) mass is 205 g/mol. The molecule has 0 radical (unpaired) electrons. The van der Waals surface area contributed by atoms with E-state index in [0.717, 1.165) is 0 Å². The van der Waals surface area contributed by atoms with Crippen molar-refractivity contribution in [3.63, 3.8) is 0 Å². The minimum atomic E-state index is -0.831. The number of hydrogen-bond donors (Lipinski definition) is 3. The zero-order chi connectivity index (χ0) is 11.6. The number of aliphatic carboxylic acids is 1. The van der Waals surface area contributed by atoms with E-state index in [9.17, 15) is 4.79 Å². The molecule has 0 aliphatic rings. The van der Waals surface area contributed by atoms with Gasteiger partial charge in [-0.1, -0.05) is 27.7 Å². The third-order valence-electron chi connectivity index (χ3n) is 1.63. The Hall–Kier alpha value is -0.610. The van der Waals surface area contributed by atoms with Gasteiger partial charge in [-0.05, 0) is 18.9 Å². The molecule has 0 fully saturated rings. The summed E-state index contributed by atoms with van der Waals surface area (Å²) in [6.45, 7) is 8.35. The molecule has 14 heavy (non-hydrogen) atoms. The molecule has 0 aromatic carbocycles. The minimum Gasteiger partial charge on any atom is -0.480 e. The van der Waals surface area contributed by atoms with E-state index in [0.29, 0.717) is 13.0 Å². The molecular formula is C10H23NO3. The zero-order valence-electron chi connectivity index (χ0n) is 9.58. The van der Waals surface area contributed by atoms with Crippen molar-refractivity contribution in [2.24, 2.45) is 5.92 Å². The first-order valence-corrected chi connectivity index (χ1v) is 5.16. The number of rotatable bonds is 6. The molecule has 0 bridgehead atoms. The smallest absolute Gasteiger partial charge is 0.320 e. The van der Waals surface area contributed by atoms with Crippen LogP contribution >= 0.6 is 0 Å². The van der Waals surface area contributed by atoms with Crippen molar-refractivity contribution < 1.29 is 15.0 Å². The van der Waals surface area contributed by atoms with Gasteiger partial charge < -0.3 is 15.5 Å². The Morgan fingerprint density at radius 3 is 2.14 bits per heavy atom. The highest BCUT2D eigenvalue weighted by atomic mass is 16.4. The first-order chi connectivity index (χ1) is 6.59. The third-order valence-corrected chi connectivity index (χ3v) is 1.63. The number of carboxylic acids is 1. The predicted octanol–water partition coefficient (Wildman–Crippen LogP) is 1.09. The molecule has 1 atom stereocenters. The second-order valence-corrected chi connectivity index (χ2v) is 3.09. The van der Waals surface area contributed by atoms with E-state index in [1.165, 1.54) is 0 Å². The molecule has 1 unspecified atom stereocenters. The van der Waals surface area contributed by atoms with E-state index < -0.39 is 12.0 Å². The largest absolute Gasteiger partial charge is 0.480 e. The van der Waals surface area contributed by atoms with Gasteiger partial charge in [0.15, 0.2) is 0 Å². The molecule has 3 N–H and O–H groups in total. The fourth-order valence-corrected chi connectivity index (χ4v) is 0.945. The normalized spacial score (nSPS) is 11.9. The Balaban J connectivity index is 0. The summed E-state index contributed by atoms with van der Waals surface area (Å²) in [7, 11) is 0. The molecule has 0 saturated heterocycles. The molecular weight excluding hydrogens is 182 g/mol. The SMILES string of the molecule is CC.CC(C)C(NCCCO)C(=O)O. The topological polar surface area (TPSA) is 69.6 Å². The standard InChI is InChI=1S/C8H17NO3.C2H6/c1-6(2)7(8(11)12)9-4-3-5-10;1-2/h6-7,9-10H,3-5H2,1-2H3,(H,11,12);1-2H3. The summed E-state index contributed by atoms with van der Waals surface area (Å²) in [6.07, 6.45) is 0.594. The highest BCUT2D eigenvalue weighted by molar-refractivity contribution is 5.73. The highest BCUT2D eigenvalue weighted by Crippen LogP contribution is 2.00. The number of aliphatic hydroxyl groups excluding tert-OH is 1. The Morgan fingerprint density at radius 1 is 1.36 bits per heavy atom. The molecule has 0 aliphatic heterocycles. The summed E-state index contributed by atoms with van der Waals surface area (Å²) >= 11 is 0. The maximum Gasteiger partial charge on any atom is 0.320 e. The van der Waals surface area contributed by atoms with Crippen LogP contribution in [0.5, 0.6) is 0 Å². The van der Waals surface area contributed by atoms with Gasteiger partial charge in [0.25, 0.3) is 0 Å². The molecule has 0 amide bonds. The van der Waals surface area contributed by atoms with Gasteiger partial charge in [0, 0.05) is 6.61 Å². The fraction of sp³-hybridized carbons (Fsp3) is 0.900. The van der Waals surface area contributed by atoms with Gasteiger partial charge in [-0.2, -0.15) is 0 Å². The van der Waals surface area contributed by atoms with Crippen molar-refractivity contribution in [3.05, 3.63) is 0 Å². The maximum absolute atomic E-state index is 10.6. The first-order valence-electron chi connectivity index (χ1n) is 5.16. The average Bonchev–Trinajstić information content (AvgIpc) is 2.14. The van der Waals surface area contributed by atoms with Crippen molar-refractivity contribution >= 4 is 5.97 Å². The van der Waals surface area contributed by atoms with Crippen LogP contribution in [0, 0.1) is 5.92 Å². The molecule has 4 nitrogen and oxygen atoms in total. The van der Waals surface area contributed by atoms with E-state index in [-0.39, 0.29) is 12.5 Å². The minimum absolute atomic E-state index is 0.0705. The molecule has 0 aromatic heterocycles. The van der Waals surface area contributed by atoms with Crippen molar-refractivity contribution in [1.82, 2.24) is 5.32 Å². The number of carbonyl (C=O) groups is 1. The van der Waals surface area contributed by atoms with Gasteiger partial charge in [0.1, 0.15) is 6.04 Å². The van der Waals surface area contributed by atoms with Crippen LogP contribution in [-0.4, -0.2) is 35.4 Å². The first kappa shape index (κ1) is 15.8. The number of hydrogen-bond acceptors (Lipinski definition) is 3.